The van der Waals surface area contributed by atoms with E-state index >= 15 is 0 Å². The molecule has 0 unspecified atom stereocenters. The molecule has 2 amide bonds. The van der Waals surface area contributed by atoms with Crippen LogP contribution >= 0.6 is 11.6 Å². The molecule has 4 rings (SSSR count). The van der Waals surface area contributed by atoms with Gasteiger partial charge in [0, 0.05) is 50.1 Å². The van der Waals surface area contributed by atoms with Crippen molar-refractivity contribution in [3.63, 3.8) is 0 Å². The Labute approximate surface area is 166 Å². The van der Waals surface area contributed by atoms with Gasteiger partial charge >= 0.3 is 6.03 Å². The lowest BCUT2D eigenvalue weighted by molar-refractivity contribution is 0.208. The van der Waals surface area contributed by atoms with E-state index in [-0.39, 0.29) is 11.6 Å². The van der Waals surface area contributed by atoms with Crippen molar-refractivity contribution in [1.29, 1.82) is 0 Å². The van der Waals surface area contributed by atoms with E-state index < -0.39 is 0 Å². The van der Waals surface area contributed by atoms with Gasteiger partial charge < -0.3 is 15.1 Å². The van der Waals surface area contributed by atoms with E-state index in [2.05, 4.69) is 15.3 Å². The lowest BCUT2D eigenvalue weighted by Crippen LogP contribution is -2.51. The van der Waals surface area contributed by atoms with Crippen LogP contribution in [0.3, 0.4) is 0 Å². The van der Waals surface area contributed by atoms with Crippen LogP contribution in [0.5, 0.6) is 0 Å². The number of anilines is 2. The van der Waals surface area contributed by atoms with Gasteiger partial charge in [0.2, 0.25) is 0 Å². The Kier molecular flexibility index (Phi) is 4.87. The van der Waals surface area contributed by atoms with Crippen LogP contribution < -0.4 is 15.8 Å². The number of carbonyl (C=O) groups excluding carboxylic acids is 1. The molecule has 1 aromatic carbocycles. The Hall–Kier alpha value is -3.13. The summed E-state index contributed by atoms with van der Waals surface area (Å²) in [7, 11) is 1.69. The largest absolute Gasteiger partial charge is 0.348 e. The van der Waals surface area contributed by atoms with Gasteiger partial charge in [-0.05, 0) is 36.4 Å². The number of pyridine rings is 1. The number of aryl methyl sites for hydroxylation is 1. The molecule has 0 spiro atoms. The van der Waals surface area contributed by atoms with Crippen molar-refractivity contribution in [2.75, 3.05) is 36.4 Å². The molecule has 0 radical (unpaired) electrons. The van der Waals surface area contributed by atoms with Crippen LogP contribution in [-0.2, 0) is 7.05 Å². The number of hydrogen-bond donors (Lipinski definition) is 1. The van der Waals surface area contributed by atoms with Gasteiger partial charge in [-0.25, -0.2) is 14.8 Å². The summed E-state index contributed by atoms with van der Waals surface area (Å²) < 4.78 is 1.51. The van der Waals surface area contributed by atoms with Crippen molar-refractivity contribution < 1.29 is 4.79 Å². The highest BCUT2D eigenvalue weighted by Gasteiger charge is 2.24. The highest BCUT2D eigenvalue weighted by atomic mass is 35.5. The van der Waals surface area contributed by atoms with Crippen LogP contribution in [0.1, 0.15) is 0 Å². The molecule has 0 saturated carbocycles. The van der Waals surface area contributed by atoms with E-state index in [9.17, 15) is 9.59 Å². The van der Waals surface area contributed by atoms with E-state index in [1.54, 1.807) is 48.5 Å². The SMILES string of the molecule is Cn1c(=O)c(N2CCN(C(=O)Nc3ccc(Cl)cc3)CC2)nc2cccnc21. The first kappa shape index (κ1) is 18.2. The molecule has 144 valence electrons. The Morgan fingerprint density at radius 3 is 2.54 bits per heavy atom. The van der Waals surface area contributed by atoms with Crippen LogP contribution in [0.25, 0.3) is 11.2 Å². The molecule has 1 aliphatic heterocycles. The maximum absolute atomic E-state index is 12.7. The van der Waals surface area contributed by atoms with Crippen LogP contribution in [0, 0.1) is 0 Å². The van der Waals surface area contributed by atoms with Gasteiger partial charge in [0.05, 0.1) is 0 Å². The summed E-state index contributed by atoms with van der Waals surface area (Å²) in [5.74, 6) is 0.390. The minimum Gasteiger partial charge on any atom is -0.348 e. The molecule has 0 aliphatic carbocycles. The Morgan fingerprint density at radius 2 is 1.82 bits per heavy atom. The number of carbonyl (C=O) groups is 1. The average molecular weight is 399 g/mol. The molecule has 9 heteroatoms. The quantitative estimate of drug-likeness (QED) is 0.716. The molecule has 1 saturated heterocycles. The molecule has 1 fully saturated rings. The molecule has 28 heavy (non-hydrogen) atoms. The van der Waals surface area contributed by atoms with Gasteiger partial charge in [-0.3, -0.25) is 9.36 Å². The van der Waals surface area contributed by atoms with Gasteiger partial charge in [0.1, 0.15) is 5.52 Å². The smallest absolute Gasteiger partial charge is 0.321 e. The number of benzene rings is 1. The maximum atomic E-state index is 12.7. The number of halogens is 1. The second-order valence-corrected chi connectivity index (χ2v) is 6.99. The van der Waals surface area contributed by atoms with Crippen LogP contribution in [0.2, 0.25) is 5.02 Å². The van der Waals surface area contributed by atoms with Crippen LogP contribution in [0.4, 0.5) is 16.3 Å². The molecule has 8 nitrogen and oxygen atoms in total. The molecular weight excluding hydrogens is 380 g/mol. The highest BCUT2D eigenvalue weighted by molar-refractivity contribution is 6.30. The zero-order chi connectivity index (χ0) is 19.7. The second kappa shape index (κ2) is 7.47. The summed E-state index contributed by atoms with van der Waals surface area (Å²) in [6.07, 6.45) is 1.64. The van der Waals surface area contributed by atoms with Gasteiger partial charge in [-0.15, -0.1) is 0 Å². The molecule has 3 heterocycles. The number of amides is 2. The maximum Gasteiger partial charge on any atom is 0.321 e. The molecular formula is C19H19ClN6O2. The Bertz CT molecular complexity index is 1070. The number of rotatable bonds is 2. The zero-order valence-corrected chi connectivity index (χ0v) is 16.1. The first-order chi connectivity index (χ1) is 13.5. The third-order valence-electron chi connectivity index (χ3n) is 4.77. The number of urea groups is 1. The van der Waals surface area contributed by atoms with Crippen molar-refractivity contribution in [3.05, 3.63) is 58.0 Å². The predicted molar refractivity (Wildman–Crippen MR) is 109 cm³/mol. The fourth-order valence-corrected chi connectivity index (χ4v) is 3.33. The van der Waals surface area contributed by atoms with Gasteiger partial charge in [-0.2, -0.15) is 0 Å². The van der Waals surface area contributed by atoms with Crippen molar-refractivity contribution in [2.24, 2.45) is 7.05 Å². The summed E-state index contributed by atoms with van der Waals surface area (Å²) >= 11 is 5.87. The van der Waals surface area contributed by atoms with E-state index in [0.29, 0.717) is 53.9 Å². The number of piperazine rings is 1. The van der Waals surface area contributed by atoms with Crippen molar-refractivity contribution >= 4 is 40.3 Å². The Balaban J connectivity index is 1.46. The first-order valence-electron chi connectivity index (χ1n) is 8.91. The third kappa shape index (κ3) is 3.50. The standard InChI is InChI=1S/C19H19ClN6O2/c1-24-16-15(3-2-8-21-16)23-17(18(24)27)25-9-11-26(12-10-25)19(28)22-14-6-4-13(20)5-7-14/h2-8H,9-12H2,1H3,(H,22,28). The summed E-state index contributed by atoms with van der Waals surface area (Å²) in [6.45, 7) is 2.05. The third-order valence-corrected chi connectivity index (χ3v) is 5.02. The summed E-state index contributed by atoms with van der Waals surface area (Å²) in [5, 5.41) is 3.48. The fraction of sp³-hybridized carbons (Fsp3) is 0.263. The van der Waals surface area contributed by atoms with E-state index in [1.807, 2.05) is 11.0 Å². The van der Waals surface area contributed by atoms with E-state index in [1.165, 1.54) is 4.57 Å². The number of hydrogen-bond acceptors (Lipinski definition) is 5. The lowest BCUT2D eigenvalue weighted by Gasteiger charge is -2.35. The van der Waals surface area contributed by atoms with Gasteiger partial charge in [-0.1, -0.05) is 11.6 Å². The van der Waals surface area contributed by atoms with E-state index in [0.717, 1.165) is 0 Å². The molecule has 1 N–H and O–H groups in total. The topological polar surface area (TPSA) is 83.4 Å². The number of fused-ring (bicyclic) bond motifs is 1. The lowest BCUT2D eigenvalue weighted by atomic mass is 10.3. The van der Waals surface area contributed by atoms with Crippen molar-refractivity contribution in [1.82, 2.24) is 19.4 Å². The van der Waals surface area contributed by atoms with Crippen LogP contribution in [0.15, 0.2) is 47.4 Å². The molecule has 1 aliphatic rings. The number of nitrogens with zero attached hydrogens (tertiary/aromatic N) is 5. The summed E-state index contributed by atoms with van der Waals surface area (Å²) in [4.78, 5) is 37.5. The first-order valence-corrected chi connectivity index (χ1v) is 9.29. The molecule has 0 bridgehead atoms. The monoisotopic (exact) mass is 398 g/mol. The predicted octanol–water partition coefficient (Wildman–Crippen LogP) is 2.34. The molecule has 0 atom stereocenters. The van der Waals surface area contributed by atoms with Gasteiger partial charge in [0.15, 0.2) is 11.5 Å². The van der Waals surface area contributed by atoms with Crippen molar-refractivity contribution in [2.45, 2.75) is 0 Å². The fourth-order valence-electron chi connectivity index (χ4n) is 3.21. The van der Waals surface area contributed by atoms with E-state index in [4.69, 9.17) is 11.6 Å². The highest BCUT2D eigenvalue weighted by Crippen LogP contribution is 2.16. The average Bonchev–Trinajstić information content (AvgIpc) is 2.72. The molecule has 3 aromatic rings. The van der Waals surface area contributed by atoms with Gasteiger partial charge in [0.25, 0.3) is 5.56 Å². The molecule has 2 aromatic heterocycles. The normalized spacial score (nSPS) is 14.4. The second-order valence-electron chi connectivity index (χ2n) is 6.56. The number of aromatic nitrogens is 3. The minimum atomic E-state index is -0.190. The Morgan fingerprint density at radius 1 is 1.11 bits per heavy atom. The zero-order valence-electron chi connectivity index (χ0n) is 15.3. The van der Waals surface area contributed by atoms with Crippen LogP contribution in [-0.4, -0.2) is 51.6 Å². The minimum absolute atomic E-state index is 0.175. The summed E-state index contributed by atoms with van der Waals surface area (Å²) in [5.41, 5.74) is 1.72. The van der Waals surface area contributed by atoms with Crippen molar-refractivity contribution in [3.8, 4) is 0 Å². The number of nitrogens with one attached hydrogen (secondary N) is 1. The summed E-state index contributed by atoms with van der Waals surface area (Å²) in [6, 6.07) is 10.4.